The second-order valence-electron chi connectivity index (χ2n) is 4.13. The minimum absolute atomic E-state index is 0.0559. The molecule has 0 radical (unpaired) electrons. The van der Waals surface area contributed by atoms with Crippen LogP contribution in [0.5, 0.6) is 0 Å². The molecular weight excluding hydrogens is 174 g/mol. The van der Waals surface area contributed by atoms with Crippen molar-refractivity contribution in [2.45, 2.75) is 30.8 Å². The zero-order valence-corrected chi connectivity index (χ0v) is 7.17. The lowest BCUT2D eigenvalue weighted by Crippen LogP contribution is -2.43. The van der Waals surface area contributed by atoms with Crippen LogP contribution in [0.1, 0.15) is 6.42 Å². The monoisotopic (exact) mass is 189 g/mol. The fourth-order valence-corrected chi connectivity index (χ4v) is 2.67. The summed E-state index contributed by atoms with van der Waals surface area (Å²) < 4.78 is 0. The maximum Gasteiger partial charge on any atom is 0.0959 e. The first-order valence-electron chi connectivity index (χ1n) is 4.46. The summed E-state index contributed by atoms with van der Waals surface area (Å²) in [4.78, 5) is 0. The molecule has 76 valence electrons. The Morgan fingerprint density at radius 1 is 1.46 bits per heavy atom. The van der Waals surface area contributed by atoms with Gasteiger partial charge in [0, 0.05) is 11.5 Å². The molecule has 0 aromatic rings. The topological polar surface area (TPSA) is 107 Å². The maximum absolute atomic E-state index is 9.63. The van der Waals surface area contributed by atoms with Gasteiger partial charge in [0.25, 0.3) is 0 Å². The highest BCUT2D eigenvalue weighted by molar-refractivity contribution is 5.23. The minimum atomic E-state index is -1.00. The average Bonchev–Trinajstić information content (AvgIpc) is 2.85. The van der Waals surface area contributed by atoms with Gasteiger partial charge in [-0.15, -0.1) is 0 Å². The number of aliphatic hydroxyl groups is 4. The lowest BCUT2D eigenvalue weighted by molar-refractivity contribution is -0.0643. The zero-order valence-electron chi connectivity index (χ0n) is 7.17. The summed E-state index contributed by atoms with van der Waals surface area (Å²) >= 11 is 0. The third-order valence-electron chi connectivity index (χ3n) is 3.63. The van der Waals surface area contributed by atoms with Gasteiger partial charge in [-0.1, -0.05) is 0 Å². The van der Waals surface area contributed by atoms with Gasteiger partial charge in [-0.25, -0.2) is 0 Å². The first-order chi connectivity index (χ1) is 6.05. The van der Waals surface area contributed by atoms with Crippen LogP contribution in [0.25, 0.3) is 0 Å². The van der Waals surface area contributed by atoms with E-state index in [1.807, 2.05) is 0 Å². The lowest BCUT2D eigenvalue weighted by Gasteiger charge is -2.25. The van der Waals surface area contributed by atoms with Crippen LogP contribution in [-0.2, 0) is 0 Å². The standard InChI is InChI=1S/C8H15NO4/c9-5-3-1-8(3,4(11)2-10)7(13)6(5)12/h3-7,10-13H,1-2,9H2/t3-,4-,5-,6-,7+,8-/m0/s1. The Bertz CT molecular complexity index is 222. The highest BCUT2D eigenvalue weighted by atomic mass is 16.3. The SMILES string of the molecule is N[C@@H]1[C@H](O)[C@@H](O)[C@@]2([C@@H](O)CO)C[C@@H]12. The molecule has 5 nitrogen and oxygen atoms in total. The van der Waals surface area contributed by atoms with Gasteiger partial charge < -0.3 is 26.2 Å². The van der Waals surface area contributed by atoms with E-state index in [1.165, 1.54) is 0 Å². The summed E-state index contributed by atoms with van der Waals surface area (Å²) in [5.41, 5.74) is 4.89. The van der Waals surface area contributed by atoms with Crippen LogP contribution in [-0.4, -0.2) is 51.4 Å². The smallest absolute Gasteiger partial charge is 0.0959 e. The van der Waals surface area contributed by atoms with Crippen molar-refractivity contribution in [3.63, 3.8) is 0 Å². The molecule has 0 bridgehead atoms. The Morgan fingerprint density at radius 2 is 2.08 bits per heavy atom. The number of hydrogen-bond acceptors (Lipinski definition) is 5. The summed E-state index contributed by atoms with van der Waals surface area (Å²) in [6, 6.07) is -0.476. The van der Waals surface area contributed by atoms with Gasteiger partial charge in [0.15, 0.2) is 0 Å². The molecule has 0 aromatic heterocycles. The Morgan fingerprint density at radius 3 is 2.46 bits per heavy atom. The second kappa shape index (κ2) is 2.65. The van der Waals surface area contributed by atoms with Crippen molar-refractivity contribution in [3.8, 4) is 0 Å². The molecule has 2 saturated carbocycles. The summed E-state index contributed by atoms with van der Waals surface area (Å²) in [6.07, 6.45) is -2.36. The van der Waals surface area contributed by atoms with Gasteiger partial charge in [-0.05, 0) is 12.3 Å². The molecule has 0 amide bonds. The molecule has 2 aliphatic carbocycles. The third-order valence-corrected chi connectivity index (χ3v) is 3.63. The van der Waals surface area contributed by atoms with Crippen LogP contribution >= 0.6 is 0 Å². The van der Waals surface area contributed by atoms with Crippen LogP contribution in [0, 0.1) is 11.3 Å². The van der Waals surface area contributed by atoms with E-state index in [0.717, 1.165) is 0 Å². The highest BCUT2D eigenvalue weighted by Gasteiger charge is 2.72. The molecule has 6 N–H and O–H groups in total. The highest BCUT2D eigenvalue weighted by Crippen LogP contribution is 2.64. The quantitative estimate of drug-likeness (QED) is 0.328. The summed E-state index contributed by atoms with van der Waals surface area (Å²) in [6.45, 7) is -0.396. The molecule has 2 rings (SSSR count). The molecular formula is C8H15NO4. The van der Waals surface area contributed by atoms with Gasteiger partial charge >= 0.3 is 0 Å². The molecule has 2 aliphatic rings. The Balaban J connectivity index is 2.20. The fraction of sp³-hybridized carbons (Fsp3) is 1.00. The summed E-state index contributed by atoms with van der Waals surface area (Å²) in [7, 11) is 0. The second-order valence-corrected chi connectivity index (χ2v) is 4.13. The van der Waals surface area contributed by atoms with E-state index in [0.29, 0.717) is 6.42 Å². The van der Waals surface area contributed by atoms with E-state index in [9.17, 15) is 15.3 Å². The van der Waals surface area contributed by atoms with Crippen molar-refractivity contribution in [3.05, 3.63) is 0 Å². The molecule has 6 atom stereocenters. The third kappa shape index (κ3) is 0.936. The molecule has 0 saturated heterocycles. The van der Waals surface area contributed by atoms with Gasteiger partial charge in [0.1, 0.15) is 0 Å². The van der Waals surface area contributed by atoms with E-state index >= 15 is 0 Å². The van der Waals surface area contributed by atoms with Crippen molar-refractivity contribution in [2.24, 2.45) is 17.1 Å². The van der Waals surface area contributed by atoms with E-state index in [1.54, 1.807) is 0 Å². The molecule has 5 heteroatoms. The molecule has 0 aromatic carbocycles. The average molecular weight is 189 g/mol. The van der Waals surface area contributed by atoms with Crippen molar-refractivity contribution in [1.82, 2.24) is 0 Å². The van der Waals surface area contributed by atoms with Gasteiger partial charge in [0.2, 0.25) is 0 Å². The van der Waals surface area contributed by atoms with Crippen LogP contribution in [0.3, 0.4) is 0 Å². The van der Waals surface area contributed by atoms with Crippen LogP contribution in [0.15, 0.2) is 0 Å². The number of fused-ring (bicyclic) bond motifs is 1. The molecule has 2 fully saturated rings. The fourth-order valence-electron chi connectivity index (χ4n) is 2.67. The number of nitrogens with two attached hydrogens (primary N) is 1. The van der Waals surface area contributed by atoms with Gasteiger partial charge in [0.05, 0.1) is 24.9 Å². The zero-order chi connectivity index (χ0) is 9.80. The number of hydrogen-bond donors (Lipinski definition) is 5. The van der Waals surface area contributed by atoms with Crippen LogP contribution in [0.4, 0.5) is 0 Å². The normalized spacial score (nSPS) is 56.1. The molecule has 0 spiro atoms. The first kappa shape index (κ1) is 9.36. The summed E-state index contributed by atoms with van der Waals surface area (Å²) in [5, 5.41) is 37.3. The van der Waals surface area contributed by atoms with E-state index in [-0.39, 0.29) is 5.92 Å². The Kier molecular flexibility index (Phi) is 1.91. The predicted octanol–water partition coefficient (Wildman–Crippen LogP) is -2.59. The van der Waals surface area contributed by atoms with Gasteiger partial charge in [-0.2, -0.15) is 0 Å². The van der Waals surface area contributed by atoms with Gasteiger partial charge in [-0.3, -0.25) is 0 Å². The molecule has 0 unspecified atom stereocenters. The number of rotatable bonds is 2. The minimum Gasteiger partial charge on any atom is -0.394 e. The van der Waals surface area contributed by atoms with Crippen molar-refractivity contribution < 1.29 is 20.4 Å². The van der Waals surface area contributed by atoms with E-state index < -0.39 is 36.4 Å². The Labute approximate surface area is 75.8 Å². The van der Waals surface area contributed by atoms with Crippen molar-refractivity contribution >= 4 is 0 Å². The number of aliphatic hydroxyl groups excluding tert-OH is 4. The van der Waals surface area contributed by atoms with E-state index in [2.05, 4.69) is 0 Å². The molecule has 0 aliphatic heterocycles. The molecule has 0 heterocycles. The molecule has 13 heavy (non-hydrogen) atoms. The largest absolute Gasteiger partial charge is 0.394 e. The van der Waals surface area contributed by atoms with Crippen molar-refractivity contribution in [2.75, 3.05) is 6.61 Å². The van der Waals surface area contributed by atoms with E-state index in [4.69, 9.17) is 10.8 Å². The first-order valence-corrected chi connectivity index (χ1v) is 4.46. The predicted molar refractivity (Wildman–Crippen MR) is 43.6 cm³/mol. The lowest BCUT2D eigenvalue weighted by atomic mass is 9.93. The van der Waals surface area contributed by atoms with Crippen LogP contribution < -0.4 is 5.73 Å². The Hall–Kier alpha value is -0.200. The maximum atomic E-state index is 9.63. The summed E-state index contributed by atoms with van der Waals surface area (Å²) in [5.74, 6) is -0.0559. The van der Waals surface area contributed by atoms with Crippen molar-refractivity contribution in [1.29, 1.82) is 0 Å². The van der Waals surface area contributed by atoms with Crippen LogP contribution in [0.2, 0.25) is 0 Å².